The van der Waals surface area contributed by atoms with Gasteiger partial charge in [-0.25, -0.2) is 4.57 Å². The first-order chi connectivity index (χ1) is 11.7. The molecule has 0 saturated heterocycles. The van der Waals surface area contributed by atoms with Crippen LogP contribution in [0.5, 0.6) is 0 Å². The van der Waals surface area contributed by atoms with E-state index in [2.05, 4.69) is 6.92 Å². The van der Waals surface area contributed by atoms with Crippen LogP contribution in [0.2, 0.25) is 0 Å². The van der Waals surface area contributed by atoms with Crippen LogP contribution in [0.1, 0.15) is 91.9 Å². The summed E-state index contributed by atoms with van der Waals surface area (Å²) in [7, 11) is -4.32. The number of phosphoric ester groups is 1. The SMILES string of the molecule is CCCCCCCCC(O)(CC)OP(=O)(OC(O)CC)OC(O)CC. The van der Waals surface area contributed by atoms with Crippen molar-refractivity contribution in [2.75, 3.05) is 0 Å². The highest BCUT2D eigenvalue weighted by atomic mass is 31.2. The average Bonchev–Trinajstić information content (AvgIpc) is 2.57. The molecule has 25 heavy (non-hydrogen) atoms. The van der Waals surface area contributed by atoms with Crippen LogP contribution in [-0.4, -0.2) is 33.7 Å². The van der Waals surface area contributed by atoms with Gasteiger partial charge in [0, 0.05) is 6.42 Å². The first-order valence-electron chi connectivity index (χ1n) is 9.50. The minimum Gasteiger partial charge on any atom is -0.367 e. The van der Waals surface area contributed by atoms with Gasteiger partial charge in [-0.2, -0.15) is 0 Å². The summed E-state index contributed by atoms with van der Waals surface area (Å²) < 4.78 is 28.0. The lowest BCUT2D eigenvalue weighted by molar-refractivity contribution is -0.182. The Balaban J connectivity index is 4.78. The molecule has 0 aromatic rings. The molecular formula is C17H37O7P. The van der Waals surface area contributed by atoms with Crippen molar-refractivity contribution < 1.29 is 33.5 Å². The fraction of sp³-hybridized carbons (Fsp3) is 1.00. The van der Waals surface area contributed by atoms with E-state index in [9.17, 15) is 19.9 Å². The lowest BCUT2D eigenvalue weighted by Gasteiger charge is -2.32. The first-order valence-corrected chi connectivity index (χ1v) is 11.0. The number of aliphatic hydroxyl groups excluding tert-OH is 2. The van der Waals surface area contributed by atoms with Gasteiger partial charge >= 0.3 is 7.82 Å². The molecule has 0 saturated carbocycles. The standard InChI is InChI=1S/C17H37O7P/c1-5-9-10-11-12-13-14-17(20,8-4)24-25(21,22-15(18)6-2)23-16(19)7-3/h15-16,18-20H,5-14H2,1-4H3. The van der Waals surface area contributed by atoms with Crippen LogP contribution in [0, 0.1) is 0 Å². The number of aliphatic hydroxyl groups is 3. The minimum atomic E-state index is -4.32. The highest BCUT2D eigenvalue weighted by molar-refractivity contribution is 7.48. The molecule has 7 nitrogen and oxygen atoms in total. The van der Waals surface area contributed by atoms with E-state index in [1.807, 2.05) is 0 Å². The second-order valence-corrected chi connectivity index (χ2v) is 7.79. The number of rotatable bonds is 16. The van der Waals surface area contributed by atoms with E-state index < -0.39 is 26.2 Å². The highest BCUT2D eigenvalue weighted by Gasteiger charge is 2.41. The van der Waals surface area contributed by atoms with Crippen LogP contribution in [-0.2, 0) is 18.1 Å². The molecule has 0 aliphatic rings. The van der Waals surface area contributed by atoms with Crippen molar-refractivity contribution >= 4 is 7.82 Å². The molecule has 0 fully saturated rings. The van der Waals surface area contributed by atoms with Gasteiger partial charge in [-0.05, 0) is 25.7 Å². The van der Waals surface area contributed by atoms with Gasteiger partial charge in [-0.1, -0.05) is 59.8 Å². The third-order valence-electron chi connectivity index (χ3n) is 3.96. The lowest BCUT2D eigenvalue weighted by atomic mass is 10.0. The van der Waals surface area contributed by atoms with Crippen molar-refractivity contribution in [3.63, 3.8) is 0 Å². The number of phosphoric acid groups is 1. The van der Waals surface area contributed by atoms with Gasteiger partial charge in [0.15, 0.2) is 18.4 Å². The van der Waals surface area contributed by atoms with E-state index >= 15 is 0 Å². The van der Waals surface area contributed by atoms with Crippen LogP contribution in [0.15, 0.2) is 0 Å². The summed E-state index contributed by atoms with van der Waals surface area (Å²) in [6.45, 7) is 7.12. The normalized spacial score (nSPS) is 19.2. The molecule has 0 heterocycles. The van der Waals surface area contributed by atoms with Crippen molar-refractivity contribution in [2.45, 2.75) is 110 Å². The van der Waals surface area contributed by atoms with Crippen LogP contribution >= 0.6 is 7.82 Å². The summed E-state index contributed by atoms with van der Waals surface area (Å²) in [5.74, 6) is -1.69. The summed E-state index contributed by atoms with van der Waals surface area (Å²) in [6, 6.07) is 0. The van der Waals surface area contributed by atoms with Gasteiger partial charge in [0.2, 0.25) is 0 Å². The van der Waals surface area contributed by atoms with E-state index in [4.69, 9.17) is 13.6 Å². The Morgan fingerprint density at radius 1 is 0.880 bits per heavy atom. The van der Waals surface area contributed by atoms with E-state index in [1.165, 1.54) is 12.8 Å². The third kappa shape index (κ3) is 11.3. The largest absolute Gasteiger partial charge is 0.482 e. The Kier molecular flexibility index (Phi) is 13.2. The maximum atomic E-state index is 12.8. The lowest BCUT2D eigenvalue weighted by Crippen LogP contribution is -2.32. The van der Waals surface area contributed by atoms with Crippen molar-refractivity contribution in [3.8, 4) is 0 Å². The topological polar surface area (TPSA) is 105 Å². The zero-order valence-corrected chi connectivity index (χ0v) is 17.0. The van der Waals surface area contributed by atoms with Crippen LogP contribution in [0.4, 0.5) is 0 Å². The molecule has 152 valence electrons. The molecule has 0 rings (SSSR count). The molecule has 3 N–H and O–H groups in total. The predicted molar refractivity (Wildman–Crippen MR) is 96.7 cm³/mol. The van der Waals surface area contributed by atoms with Gasteiger partial charge in [-0.15, -0.1) is 0 Å². The number of hydrogen-bond acceptors (Lipinski definition) is 7. The molecule has 0 amide bonds. The molecule has 3 unspecified atom stereocenters. The average molecular weight is 384 g/mol. The molecule has 3 atom stereocenters. The Bertz CT molecular complexity index is 364. The molecule has 0 aromatic carbocycles. The van der Waals surface area contributed by atoms with Gasteiger partial charge in [-0.3, -0.25) is 13.6 Å². The van der Waals surface area contributed by atoms with E-state index in [-0.39, 0.29) is 25.7 Å². The third-order valence-corrected chi connectivity index (χ3v) is 5.52. The Morgan fingerprint density at radius 2 is 1.36 bits per heavy atom. The molecule has 0 spiro atoms. The second kappa shape index (κ2) is 13.2. The Labute approximate surface area is 152 Å². The van der Waals surface area contributed by atoms with Crippen LogP contribution in [0.25, 0.3) is 0 Å². The Hall–Kier alpha value is -0.0100. The molecule has 0 radical (unpaired) electrons. The summed E-state index contributed by atoms with van der Waals surface area (Å²) >= 11 is 0. The minimum absolute atomic E-state index is 0.168. The van der Waals surface area contributed by atoms with E-state index in [0.29, 0.717) is 6.42 Å². The molecule has 8 heteroatoms. The summed E-state index contributed by atoms with van der Waals surface area (Å²) in [5, 5.41) is 29.9. The van der Waals surface area contributed by atoms with Crippen molar-refractivity contribution in [3.05, 3.63) is 0 Å². The molecule has 0 aromatic heterocycles. The smallest absolute Gasteiger partial charge is 0.367 e. The summed E-state index contributed by atoms with van der Waals surface area (Å²) in [5.41, 5.74) is 0. The van der Waals surface area contributed by atoms with Crippen molar-refractivity contribution in [2.24, 2.45) is 0 Å². The fourth-order valence-corrected chi connectivity index (χ4v) is 3.86. The number of hydrogen-bond donors (Lipinski definition) is 3. The van der Waals surface area contributed by atoms with Crippen molar-refractivity contribution in [1.29, 1.82) is 0 Å². The zero-order valence-electron chi connectivity index (χ0n) is 16.1. The molecule has 0 aliphatic carbocycles. The quantitative estimate of drug-likeness (QED) is 0.205. The van der Waals surface area contributed by atoms with Gasteiger partial charge in [0.25, 0.3) is 0 Å². The summed E-state index contributed by atoms with van der Waals surface area (Å²) in [4.78, 5) is 0. The zero-order chi connectivity index (χ0) is 19.3. The highest BCUT2D eigenvalue weighted by Crippen LogP contribution is 2.55. The fourth-order valence-electron chi connectivity index (χ4n) is 2.19. The van der Waals surface area contributed by atoms with E-state index in [0.717, 1.165) is 19.3 Å². The first kappa shape index (κ1) is 25.0. The van der Waals surface area contributed by atoms with Gasteiger partial charge < -0.3 is 15.3 Å². The van der Waals surface area contributed by atoms with Crippen LogP contribution < -0.4 is 0 Å². The second-order valence-electron chi connectivity index (χ2n) is 6.29. The maximum Gasteiger partial charge on any atom is 0.482 e. The van der Waals surface area contributed by atoms with Crippen LogP contribution in [0.3, 0.4) is 0 Å². The summed E-state index contributed by atoms with van der Waals surface area (Å²) in [6.07, 6.45) is 4.28. The number of unbranched alkanes of at least 4 members (excludes halogenated alkanes) is 5. The monoisotopic (exact) mass is 384 g/mol. The molecule has 0 aliphatic heterocycles. The molecular weight excluding hydrogens is 347 g/mol. The van der Waals surface area contributed by atoms with E-state index in [1.54, 1.807) is 20.8 Å². The Morgan fingerprint density at radius 3 is 1.80 bits per heavy atom. The molecule has 0 bridgehead atoms. The van der Waals surface area contributed by atoms with Crippen molar-refractivity contribution in [1.82, 2.24) is 0 Å². The van der Waals surface area contributed by atoms with Gasteiger partial charge in [0.05, 0.1) is 0 Å². The predicted octanol–water partition coefficient (Wildman–Crippen LogP) is 4.45. The van der Waals surface area contributed by atoms with Gasteiger partial charge in [0.1, 0.15) is 0 Å². The maximum absolute atomic E-state index is 12.8.